The van der Waals surface area contributed by atoms with Gasteiger partial charge in [0.05, 0.1) is 0 Å². The van der Waals surface area contributed by atoms with Gasteiger partial charge < -0.3 is 10.8 Å². The van der Waals surface area contributed by atoms with E-state index in [1.54, 1.807) is 0 Å². The first-order valence-electron chi connectivity index (χ1n) is 2.35. The van der Waals surface area contributed by atoms with Crippen LogP contribution in [0.2, 0.25) is 0 Å². The molecule has 0 aliphatic heterocycles. The number of hydrogen-bond acceptors (Lipinski definition) is 2. The molecule has 0 aromatic carbocycles. The highest BCUT2D eigenvalue weighted by molar-refractivity contribution is 5.96. The Morgan fingerprint density at radius 2 is 1.73 bits per heavy atom. The van der Waals surface area contributed by atoms with Crippen LogP contribution in [0.3, 0.4) is 0 Å². The highest BCUT2D eigenvalue weighted by atomic mass is 19.4. The number of amides is 1. The van der Waals surface area contributed by atoms with Gasteiger partial charge in [0.1, 0.15) is 0 Å². The summed E-state index contributed by atoms with van der Waals surface area (Å²) in [5.41, 5.74) is 4.18. The average molecular weight is 171 g/mol. The van der Waals surface area contributed by atoms with E-state index in [1.807, 2.05) is 0 Å². The van der Waals surface area contributed by atoms with Crippen LogP contribution in [0.5, 0.6) is 0 Å². The third kappa shape index (κ3) is 2.44. The van der Waals surface area contributed by atoms with Crippen molar-refractivity contribution < 1.29 is 27.9 Å². The van der Waals surface area contributed by atoms with Crippen LogP contribution in [0, 0.1) is 5.92 Å². The zero-order valence-electron chi connectivity index (χ0n) is 5.05. The van der Waals surface area contributed by atoms with Crippen LogP contribution < -0.4 is 5.73 Å². The largest absolute Gasteiger partial charge is 0.480 e. The average Bonchev–Trinajstić information content (AvgIpc) is 1.54. The fraction of sp³-hybridized carbons (Fsp3) is 0.500. The van der Waals surface area contributed by atoms with Crippen molar-refractivity contribution in [2.75, 3.05) is 0 Å². The lowest BCUT2D eigenvalue weighted by Crippen LogP contribution is -2.41. The summed E-state index contributed by atoms with van der Waals surface area (Å²) in [6.45, 7) is 0. The summed E-state index contributed by atoms with van der Waals surface area (Å²) in [5, 5.41) is 7.86. The number of nitrogens with two attached hydrogens (primary N) is 1. The van der Waals surface area contributed by atoms with Gasteiger partial charge >= 0.3 is 12.1 Å². The maximum absolute atomic E-state index is 11.5. The van der Waals surface area contributed by atoms with E-state index in [0.717, 1.165) is 0 Å². The number of carbonyl (C=O) groups excluding carboxylic acids is 1. The molecule has 1 amide bonds. The first-order chi connectivity index (χ1) is 4.76. The molecule has 1 unspecified atom stereocenters. The Bertz CT molecular complexity index is 174. The maximum Gasteiger partial charge on any atom is 0.411 e. The predicted octanol–water partition coefficient (Wildman–Crippen LogP) is -0.265. The Balaban J connectivity index is 4.63. The Kier molecular flexibility index (Phi) is 2.45. The zero-order valence-corrected chi connectivity index (χ0v) is 5.05. The number of primary amides is 1. The third-order valence-corrected chi connectivity index (χ3v) is 0.859. The fourth-order valence-corrected chi connectivity index (χ4v) is 0.423. The van der Waals surface area contributed by atoms with E-state index in [9.17, 15) is 22.8 Å². The molecule has 11 heavy (non-hydrogen) atoms. The summed E-state index contributed by atoms with van der Waals surface area (Å²) < 4.78 is 34.6. The van der Waals surface area contributed by atoms with Gasteiger partial charge in [0.25, 0.3) is 0 Å². The molecular weight excluding hydrogens is 167 g/mol. The third-order valence-electron chi connectivity index (χ3n) is 0.859. The topological polar surface area (TPSA) is 80.4 Å². The smallest absolute Gasteiger partial charge is 0.411 e. The molecule has 0 radical (unpaired) electrons. The molecule has 0 rings (SSSR count). The monoisotopic (exact) mass is 171 g/mol. The molecule has 0 spiro atoms. The summed E-state index contributed by atoms with van der Waals surface area (Å²) in [5.74, 6) is -7.31. The van der Waals surface area contributed by atoms with E-state index in [0.29, 0.717) is 0 Å². The molecule has 0 heterocycles. The molecular formula is C4H4F3NO3. The summed E-state index contributed by atoms with van der Waals surface area (Å²) in [6.07, 6.45) is -5.11. The van der Waals surface area contributed by atoms with E-state index >= 15 is 0 Å². The Morgan fingerprint density at radius 1 is 1.36 bits per heavy atom. The van der Waals surface area contributed by atoms with E-state index < -0.39 is 24.0 Å². The van der Waals surface area contributed by atoms with Gasteiger partial charge in [0.15, 0.2) is 0 Å². The van der Waals surface area contributed by atoms with Crippen LogP contribution in [0.4, 0.5) is 13.2 Å². The van der Waals surface area contributed by atoms with Crippen molar-refractivity contribution in [1.82, 2.24) is 0 Å². The van der Waals surface area contributed by atoms with Crippen LogP contribution in [-0.2, 0) is 9.59 Å². The number of aliphatic carboxylic acids is 1. The van der Waals surface area contributed by atoms with E-state index in [1.165, 1.54) is 0 Å². The number of carboxylic acids is 1. The second-order valence-corrected chi connectivity index (χ2v) is 1.72. The summed E-state index contributed by atoms with van der Waals surface area (Å²) in [4.78, 5) is 19.7. The van der Waals surface area contributed by atoms with E-state index in [-0.39, 0.29) is 0 Å². The molecule has 0 aromatic rings. The van der Waals surface area contributed by atoms with Crippen LogP contribution in [-0.4, -0.2) is 23.2 Å². The van der Waals surface area contributed by atoms with Crippen molar-refractivity contribution in [1.29, 1.82) is 0 Å². The minimum absolute atomic E-state index is 1.91. The Labute approximate surface area is 58.8 Å². The normalized spacial score (nSPS) is 14.1. The van der Waals surface area contributed by atoms with Crippen molar-refractivity contribution in [3.63, 3.8) is 0 Å². The maximum atomic E-state index is 11.5. The molecule has 0 saturated carbocycles. The van der Waals surface area contributed by atoms with Gasteiger partial charge in [-0.15, -0.1) is 0 Å². The Morgan fingerprint density at radius 3 is 1.73 bits per heavy atom. The lowest BCUT2D eigenvalue weighted by Gasteiger charge is -2.11. The number of carboxylic acid groups (broad SMARTS) is 1. The first-order valence-corrected chi connectivity index (χ1v) is 2.35. The molecule has 0 fully saturated rings. The van der Waals surface area contributed by atoms with Gasteiger partial charge in [-0.25, -0.2) is 0 Å². The second-order valence-electron chi connectivity index (χ2n) is 1.72. The fourth-order valence-electron chi connectivity index (χ4n) is 0.423. The summed E-state index contributed by atoms with van der Waals surface area (Å²) in [7, 11) is 0. The summed E-state index contributed by atoms with van der Waals surface area (Å²) >= 11 is 0. The molecule has 64 valence electrons. The molecule has 1 atom stereocenters. The van der Waals surface area contributed by atoms with Crippen LogP contribution >= 0.6 is 0 Å². The number of alkyl halides is 3. The summed E-state index contributed by atoms with van der Waals surface area (Å²) in [6, 6.07) is 0. The van der Waals surface area contributed by atoms with Crippen molar-refractivity contribution >= 4 is 11.9 Å². The van der Waals surface area contributed by atoms with Crippen molar-refractivity contribution in [2.45, 2.75) is 6.18 Å². The van der Waals surface area contributed by atoms with Gasteiger partial charge in [-0.2, -0.15) is 13.2 Å². The SMILES string of the molecule is NC(=O)C(C(=O)O)C(F)(F)F. The standard InChI is InChI=1S/C4H4F3NO3/c5-4(6,7)1(2(8)9)3(10)11/h1H,(H2,8,9)(H,10,11). The van der Waals surface area contributed by atoms with Gasteiger partial charge in [-0.3, -0.25) is 9.59 Å². The predicted molar refractivity (Wildman–Crippen MR) is 26.4 cm³/mol. The van der Waals surface area contributed by atoms with Crippen molar-refractivity contribution in [3.8, 4) is 0 Å². The van der Waals surface area contributed by atoms with Gasteiger partial charge in [0, 0.05) is 0 Å². The van der Waals surface area contributed by atoms with E-state index in [2.05, 4.69) is 5.73 Å². The zero-order chi connectivity index (χ0) is 9.23. The van der Waals surface area contributed by atoms with E-state index in [4.69, 9.17) is 5.11 Å². The van der Waals surface area contributed by atoms with Crippen molar-refractivity contribution in [3.05, 3.63) is 0 Å². The lowest BCUT2D eigenvalue weighted by molar-refractivity contribution is -0.194. The lowest BCUT2D eigenvalue weighted by atomic mass is 10.1. The molecule has 0 aliphatic carbocycles. The number of rotatable bonds is 2. The highest BCUT2D eigenvalue weighted by Gasteiger charge is 2.49. The number of halogens is 3. The quantitative estimate of drug-likeness (QED) is 0.561. The molecule has 0 aromatic heterocycles. The van der Waals surface area contributed by atoms with Gasteiger partial charge in [-0.1, -0.05) is 0 Å². The van der Waals surface area contributed by atoms with Crippen molar-refractivity contribution in [2.24, 2.45) is 11.7 Å². The minimum atomic E-state index is -5.11. The van der Waals surface area contributed by atoms with Crippen LogP contribution in [0.1, 0.15) is 0 Å². The first kappa shape index (κ1) is 9.73. The highest BCUT2D eigenvalue weighted by Crippen LogP contribution is 2.25. The molecule has 3 N–H and O–H groups in total. The second kappa shape index (κ2) is 2.77. The Hall–Kier alpha value is -1.27. The number of hydrogen-bond donors (Lipinski definition) is 2. The molecule has 0 aliphatic rings. The molecule has 4 nitrogen and oxygen atoms in total. The van der Waals surface area contributed by atoms with Gasteiger partial charge in [-0.05, 0) is 0 Å². The number of carbonyl (C=O) groups is 2. The molecule has 0 saturated heterocycles. The minimum Gasteiger partial charge on any atom is -0.480 e. The molecule has 0 bridgehead atoms. The van der Waals surface area contributed by atoms with Crippen LogP contribution in [0.15, 0.2) is 0 Å². The van der Waals surface area contributed by atoms with Gasteiger partial charge in [0.2, 0.25) is 11.8 Å². The van der Waals surface area contributed by atoms with Crippen LogP contribution in [0.25, 0.3) is 0 Å². The molecule has 7 heteroatoms.